The predicted octanol–water partition coefficient (Wildman–Crippen LogP) is 5.80. The summed E-state index contributed by atoms with van der Waals surface area (Å²) in [5, 5.41) is 0. The summed E-state index contributed by atoms with van der Waals surface area (Å²) in [6.07, 6.45) is 7.64. The molecule has 0 unspecified atom stereocenters. The molecule has 1 aliphatic heterocycles. The smallest absolute Gasteiger partial charge is 0.266 e. The molecule has 2 fully saturated rings. The lowest BCUT2D eigenvalue weighted by molar-refractivity contribution is -0.124. The molecule has 1 heterocycles. The molecule has 5 heteroatoms. The van der Waals surface area contributed by atoms with Gasteiger partial charge in [-0.3, -0.25) is 9.69 Å². The van der Waals surface area contributed by atoms with Crippen LogP contribution in [-0.4, -0.2) is 21.2 Å². The number of thioether (sulfide) groups is 1. The summed E-state index contributed by atoms with van der Waals surface area (Å²) < 4.78 is 6.71. The molecular formula is C23H23NO2S2. The van der Waals surface area contributed by atoms with E-state index < -0.39 is 0 Å². The van der Waals surface area contributed by atoms with Crippen LogP contribution < -0.4 is 4.74 Å². The van der Waals surface area contributed by atoms with E-state index in [1.807, 2.05) is 65.6 Å². The summed E-state index contributed by atoms with van der Waals surface area (Å²) in [5.74, 6) is 0.814. The predicted molar refractivity (Wildman–Crippen MR) is 119 cm³/mol. The monoisotopic (exact) mass is 409 g/mol. The average molecular weight is 410 g/mol. The molecule has 3 nitrogen and oxygen atoms in total. The van der Waals surface area contributed by atoms with Gasteiger partial charge >= 0.3 is 0 Å². The second-order valence-electron chi connectivity index (χ2n) is 7.16. The van der Waals surface area contributed by atoms with Crippen molar-refractivity contribution >= 4 is 40.3 Å². The van der Waals surface area contributed by atoms with Crippen molar-refractivity contribution in [2.75, 3.05) is 0 Å². The molecule has 0 atom stereocenters. The molecule has 0 spiro atoms. The van der Waals surface area contributed by atoms with Crippen molar-refractivity contribution in [3.63, 3.8) is 0 Å². The molecule has 4 rings (SSSR count). The molecule has 2 aliphatic rings. The van der Waals surface area contributed by atoms with Gasteiger partial charge in [0.2, 0.25) is 0 Å². The summed E-state index contributed by atoms with van der Waals surface area (Å²) in [6.45, 7) is 0.495. The highest BCUT2D eigenvalue weighted by atomic mass is 32.2. The van der Waals surface area contributed by atoms with E-state index in [0.29, 0.717) is 15.8 Å². The van der Waals surface area contributed by atoms with Gasteiger partial charge in [-0.1, -0.05) is 91.8 Å². The topological polar surface area (TPSA) is 29.5 Å². The number of amides is 1. The summed E-state index contributed by atoms with van der Waals surface area (Å²) in [5.41, 5.74) is 2.02. The highest BCUT2D eigenvalue weighted by Crippen LogP contribution is 2.38. The number of hydrogen-bond donors (Lipinski definition) is 0. The van der Waals surface area contributed by atoms with E-state index in [2.05, 4.69) is 0 Å². The molecule has 1 saturated carbocycles. The second kappa shape index (κ2) is 8.93. The number of nitrogens with zero attached hydrogens (tertiary/aromatic N) is 1. The molecule has 0 aromatic heterocycles. The molecule has 1 saturated heterocycles. The second-order valence-corrected chi connectivity index (χ2v) is 8.83. The third-order valence-corrected chi connectivity index (χ3v) is 6.54. The van der Waals surface area contributed by atoms with Gasteiger partial charge in [-0.25, -0.2) is 0 Å². The Balaban J connectivity index is 1.52. The van der Waals surface area contributed by atoms with Crippen LogP contribution in [0.3, 0.4) is 0 Å². The van der Waals surface area contributed by atoms with Gasteiger partial charge in [-0.2, -0.15) is 0 Å². The maximum atomic E-state index is 13.0. The maximum absolute atomic E-state index is 13.0. The van der Waals surface area contributed by atoms with Gasteiger partial charge in [0.05, 0.1) is 4.91 Å². The number of carbonyl (C=O) groups is 1. The molecule has 1 amide bonds. The summed E-state index contributed by atoms with van der Waals surface area (Å²) >= 11 is 6.94. The quantitative estimate of drug-likeness (QED) is 0.461. The molecule has 1 aliphatic carbocycles. The number of thiocarbonyl (C=S) groups is 1. The van der Waals surface area contributed by atoms with Crippen LogP contribution in [0.25, 0.3) is 6.08 Å². The zero-order valence-electron chi connectivity index (χ0n) is 15.7. The lowest BCUT2D eigenvalue weighted by atomic mass is 9.94. The summed E-state index contributed by atoms with van der Waals surface area (Å²) in [4.78, 5) is 15.6. The normalized spacial score (nSPS) is 19.4. The van der Waals surface area contributed by atoms with Gasteiger partial charge in [-0.05, 0) is 30.5 Å². The van der Waals surface area contributed by atoms with Gasteiger partial charge < -0.3 is 4.74 Å². The van der Waals surface area contributed by atoms with Crippen molar-refractivity contribution in [1.29, 1.82) is 0 Å². The summed E-state index contributed by atoms with van der Waals surface area (Å²) in [7, 11) is 0. The number of rotatable bonds is 5. The van der Waals surface area contributed by atoms with E-state index in [4.69, 9.17) is 17.0 Å². The fraction of sp³-hybridized carbons (Fsp3) is 0.304. The summed E-state index contributed by atoms with van der Waals surface area (Å²) in [6, 6.07) is 18.2. The van der Waals surface area contributed by atoms with Gasteiger partial charge in [0.25, 0.3) is 5.91 Å². The number of benzene rings is 2. The Morgan fingerprint density at radius 1 is 1.04 bits per heavy atom. The van der Waals surface area contributed by atoms with Crippen molar-refractivity contribution in [2.24, 2.45) is 0 Å². The fourth-order valence-corrected chi connectivity index (χ4v) is 5.13. The van der Waals surface area contributed by atoms with E-state index in [1.165, 1.54) is 31.0 Å². The van der Waals surface area contributed by atoms with Crippen LogP contribution in [0.5, 0.6) is 5.75 Å². The zero-order chi connectivity index (χ0) is 19.3. The highest BCUT2D eigenvalue weighted by molar-refractivity contribution is 8.26. The highest BCUT2D eigenvalue weighted by Gasteiger charge is 2.37. The molecular weight excluding hydrogens is 386 g/mol. The number of carbonyl (C=O) groups excluding carboxylic acids is 1. The number of ether oxygens (including phenoxy) is 1. The standard InChI is InChI=1S/C23H23NO2S2/c25-22-21(28-23(27)24(22)19-12-5-2-6-13-19)15-18-11-7-8-14-20(18)26-16-17-9-3-1-4-10-17/h1,3-4,7-11,14-15,19H,2,5-6,12-13,16H2/b21-15+. The van der Waals surface area contributed by atoms with Crippen LogP contribution in [0.1, 0.15) is 43.2 Å². The first kappa shape index (κ1) is 19.2. The minimum absolute atomic E-state index is 0.0414. The number of para-hydroxylation sites is 1. The number of hydrogen-bond acceptors (Lipinski definition) is 4. The van der Waals surface area contributed by atoms with Gasteiger partial charge in [0.1, 0.15) is 16.7 Å². The Kier molecular flexibility index (Phi) is 6.13. The lowest BCUT2D eigenvalue weighted by Gasteiger charge is -2.29. The van der Waals surface area contributed by atoms with E-state index in [1.54, 1.807) is 0 Å². The van der Waals surface area contributed by atoms with Crippen molar-refractivity contribution in [3.8, 4) is 5.75 Å². The Morgan fingerprint density at radius 2 is 1.75 bits per heavy atom. The van der Waals surface area contributed by atoms with Gasteiger partial charge in [0, 0.05) is 11.6 Å². The van der Waals surface area contributed by atoms with Crippen molar-refractivity contribution in [1.82, 2.24) is 4.90 Å². The van der Waals surface area contributed by atoms with Crippen LogP contribution in [0.15, 0.2) is 59.5 Å². The van der Waals surface area contributed by atoms with E-state index >= 15 is 0 Å². The first-order valence-corrected chi connectivity index (χ1v) is 11.0. The van der Waals surface area contributed by atoms with Crippen LogP contribution in [0, 0.1) is 0 Å². The van der Waals surface area contributed by atoms with E-state index in [-0.39, 0.29) is 11.9 Å². The lowest BCUT2D eigenvalue weighted by Crippen LogP contribution is -2.39. The van der Waals surface area contributed by atoms with Crippen LogP contribution in [0.2, 0.25) is 0 Å². The Morgan fingerprint density at radius 3 is 2.54 bits per heavy atom. The minimum Gasteiger partial charge on any atom is -0.488 e. The third-order valence-electron chi connectivity index (χ3n) is 5.21. The fourth-order valence-electron chi connectivity index (χ4n) is 3.74. The first-order valence-electron chi connectivity index (χ1n) is 9.75. The Bertz CT molecular complexity index is 888. The van der Waals surface area contributed by atoms with Crippen molar-refractivity contribution < 1.29 is 9.53 Å². The van der Waals surface area contributed by atoms with E-state index in [9.17, 15) is 4.79 Å². The Labute approximate surface area is 175 Å². The maximum Gasteiger partial charge on any atom is 0.266 e. The van der Waals surface area contributed by atoms with Gasteiger partial charge in [-0.15, -0.1) is 0 Å². The minimum atomic E-state index is 0.0414. The van der Waals surface area contributed by atoms with Crippen molar-refractivity contribution in [2.45, 2.75) is 44.8 Å². The first-order chi connectivity index (χ1) is 13.7. The molecule has 2 aromatic rings. The largest absolute Gasteiger partial charge is 0.488 e. The molecule has 0 radical (unpaired) electrons. The van der Waals surface area contributed by atoms with Crippen molar-refractivity contribution in [3.05, 3.63) is 70.6 Å². The molecule has 28 heavy (non-hydrogen) atoms. The average Bonchev–Trinajstić information content (AvgIpc) is 3.02. The molecule has 2 aromatic carbocycles. The molecule has 144 valence electrons. The van der Waals surface area contributed by atoms with Crippen LogP contribution in [0.4, 0.5) is 0 Å². The molecule has 0 bridgehead atoms. The Hall–Kier alpha value is -2.11. The third kappa shape index (κ3) is 4.31. The zero-order valence-corrected chi connectivity index (χ0v) is 17.3. The van der Waals surface area contributed by atoms with E-state index in [0.717, 1.165) is 29.7 Å². The van der Waals surface area contributed by atoms with Crippen LogP contribution in [-0.2, 0) is 11.4 Å². The SMILES string of the molecule is O=C1/C(=C\c2ccccc2OCc2ccccc2)SC(=S)N1C1CCCCC1. The van der Waals surface area contributed by atoms with Gasteiger partial charge in [0.15, 0.2) is 0 Å². The van der Waals surface area contributed by atoms with Crippen LogP contribution >= 0.6 is 24.0 Å². The molecule has 0 N–H and O–H groups in total.